The van der Waals surface area contributed by atoms with Crippen LogP contribution in [0.2, 0.25) is 0 Å². The Morgan fingerprint density at radius 2 is 2.27 bits per heavy atom. The molecule has 0 bridgehead atoms. The first-order valence-corrected chi connectivity index (χ1v) is 3.69. The van der Waals surface area contributed by atoms with Crippen molar-refractivity contribution >= 4 is 0 Å². The Balaban J connectivity index is 2.92. The van der Waals surface area contributed by atoms with Crippen LogP contribution in [0.25, 0.3) is 0 Å². The van der Waals surface area contributed by atoms with Gasteiger partial charge in [-0.15, -0.1) is 0 Å². The molecule has 0 spiro atoms. The van der Waals surface area contributed by atoms with Gasteiger partial charge >= 0.3 is 0 Å². The lowest BCUT2D eigenvalue weighted by atomic mass is 9.90. The van der Waals surface area contributed by atoms with Crippen molar-refractivity contribution < 1.29 is 4.42 Å². The standard InChI is InChI=1S/C8H14N2O/c1-6-10-7(4-11-6)8(2,3)5-9/h4H,5,9H2,1-3H3. The zero-order valence-corrected chi connectivity index (χ0v) is 7.22. The van der Waals surface area contributed by atoms with Crippen LogP contribution in [0.1, 0.15) is 25.4 Å². The second-order valence-electron chi connectivity index (χ2n) is 3.34. The van der Waals surface area contributed by atoms with Crippen molar-refractivity contribution in [3.8, 4) is 0 Å². The number of rotatable bonds is 2. The van der Waals surface area contributed by atoms with Gasteiger partial charge in [0.1, 0.15) is 6.26 Å². The summed E-state index contributed by atoms with van der Waals surface area (Å²) in [4.78, 5) is 4.21. The van der Waals surface area contributed by atoms with Crippen molar-refractivity contribution in [3.63, 3.8) is 0 Å². The highest BCUT2D eigenvalue weighted by Crippen LogP contribution is 2.20. The Labute approximate surface area is 66.6 Å². The minimum atomic E-state index is -0.0717. The topological polar surface area (TPSA) is 52.0 Å². The highest BCUT2D eigenvalue weighted by molar-refractivity contribution is 5.10. The van der Waals surface area contributed by atoms with E-state index in [1.165, 1.54) is 0 Å². The minimum Gasteiger partial charge on any atom is -0.449 e. The molecule has 3 nitrogen and oxygen atoms in total. The molecule has 0 amide bonds. The molecule has 0 saturated carbocycles. The van der Waals surface area contributed by atoms with Crippen molar-refractivity contribution in [2.75, 3.05) is 6.54 Å². The molecule has 11 heavy (non-hydrogen) atoms. The molecular formula is C8H14N2O. The molecular weight excluding hydrogens is 140 g/mol. The van der Waals surface area contributed by atoms with Crippen molar-refractivity contribution in [2.24, 2.45) is 5.73 Å². The Bertz CT molecular complexity index is 240. The van der Waals surface area contributed by atoms with Crippen LogP contribution in [0.4, 0.5) is 0 Å². The molecule has 0 fully saturated rings. The maximum atomic E-state index is 5.57. The molecule has 1 aromatic heterocycles. The van der Waals surface area contributed by atoms with Gasteiger partial charge in [0.25, 0.3) is 0 Å². The number of hydrogen-bond acceptors (Lipinski definition) is 3. The molecule has 62 valence electrons. The van der Waals surface area contributed by atoms with Gasteiger partial charge in [0.05, 0.1) is 5.69 Å². The fourth-order valence-corrected chi connectivity index (χ4v) is 0.779. The fraction of sp³-hybridized carbons (Fsp3) is 0.625. The Morgan fingerprint density at radius 1 is 1.64 bits per heavy atom. The van der Waals surface area contributed by atoms with E-state index in [-0.39, 0.29) is 5.41 Å². The van der Waals surface area contributed by atoms with Crippen molar-refractivity contribution in [1.82, 2.24) is 4.98 Å². The molecule has 1 heterocycles. The van der Waals surface area contributed by atoms with Crippen LogP contribution in [0.15, 0.2) is 10.7 Å². The molecule has 0 unspecified atom stereocenters. The smallest absolute Gasteiger partial charge is 0.191 e. The third-order valence-electron chi connectivity index (χ3n) is 1.82. The summed E-state index contributed by atoms with van der Waals surface area (Å²) < 4.78 is 5.09. The van der Waals surface area contributed by atoms with Crippen LogP contribution >= 0.6 is 0 Å². The lowest BCUT2D eigenvalue weighted by molar-refractivity contribution is 0.502. The summed E-state index contributed by atoms with van der Waals surface area (Å²) in [6, 6.07) is 0. The van der Waals surface area contributed by atoms with E-state index in [9.17, 15) is 0 Å². The van der Waals surface area contributed by atoms with E-state index >= 15 is 0 Å². The Morgan fingerprint density at radius 3 is 2.64 bits per heavy atom. The van der Waals surface area contributed by atoms with Gasteiger partial charge in [-0.25, -0.2) is 4.98 Å². The first kappa shape index (κ1) is 8.27. The Hall–Kier alpha value is -0.830. The predicted octanol–water partition coefficient (Wildman–Crippen LogP) is 1.22. The minimum absolute atomic E-state index is 0.0717. The average Bonchev–Trinajstić information content (AvgIpc) is 2.36. The van der Waals surface area contributed by atoms with Crippen molar-refractivity contribution in [2.45, 2.75) is 26.2 Å². The van der Waals surface area contributed by atoms with Gasteiger partial charge in [-0.3, -0.25) is 0 Å². The van der Waals surface area contributed by atoms with Gasteiger partial charge in [-0.05, 0) is 0 Å². The average molecular weight is 154 g/mol. The van der Waals surface area contributed by atoms with Gasteiger partial charge in [-0.1, -0.05) is 13.8 Å². The van der Waals surface area contributed by atoms with E-state index < -0.39 is 0 Å². The molecule has 0 aliphatic carbocycles. The lowest BCUT2D eigenvalue weighted by Crippen LogP contribution is -2.28. The van der Waals surface area contributed by atoms with Crippen LogP contribution in [0.3, 0.4) is 0 Å². The van der Waals surface area contributed by atoms with E-state index in [0.717, 1.165) is 5.69 Å². The van der Waals surface area contributed by atoms with E-state index in [1.54, 1.807) is 6.26 Å². The largest absolute Gasteiger partial charge is 0.449 e. The molecule has 1 rings (SSSR count). The van der Waals surface area contributed by atoms with E-state index in [1.807, 2.05) is 20.8 Å². The SMILES string of the molecule is Cc1nc(C(C)(C)CN)co1. The monoisotopic (exact) mass is 154 g/mol. The fourth-order valence-electron chi connectivity index (χ4n) is 0.779. The van der Waals surface area contributed by atoms with Gasteiger partial charge in [0.2, 0.25) is 0 Å². The van der Waals surface area contributed by atoms with Crippen LogP contribution in [-0.2, 0) is 5.41 Å². The van der Waals surface area contributed by atoms with Gasteiger partial charge in [0, 0.05) is 18.9 Å². The summed E-state index contributed by atoms with van der Waals surface area (Å²) in [5.74, 6) is 0.696. The molecule has 2 N–H and O–H groups in total. The number of hydrogen-bond donors (Lipinski definition) is 1. The molecule has 0 aromatic carbocycles. The summed E-state index contributed by atoms with van der Waals surface area (Å²) >= 11 is 0. The van der Waals surface area contributed by atoms with Crippen LogP contribution in [-0.4, -0.2) is 11.5 Å². The quantitative estimate of drug-likeness (QED) is 0.696. The highest BCUT2D eigenvalue weighted by atomic mass is 16.3. The Kier molecular flexibility index (Phi) is 2.00. The molecule has 0 atom stereocenters. The van der Waals surface area contributed by atoms with Crippen molar-refractivity contribution in [3.05, 3.63) is 17.8 Å². The predicted molar refractivity (Wildman–Crippen MR) is 43.3 cm³/mol. The first-order chi connectivity index (χ1) is 5.06. The zero-order chi connectivity index (χ0) is 8.48. The second-order valence-corrected chi connectivity index (χ2v) is 3.34. The third kappa shape index (κ3) is 1.60. The molecule has 0 aliphatic rings. The molecule has 0 saturated heterocycles. The van der Waals surface area contributed by atoms with Crippen LogP contribution in [0, 0.1) is 6.92 Å². The number of oxazole rings is 1. The summed E-state index contributed by atoms with van der Waals surface area (Å²) in [6.45, 7) is 6.50. The second kappa shape index (κ2) is 2.66. The number of nitrogens with zero attached hydrogens (tertiary/aromatic N) is 1. The summed E-state index contributed by atoms with van der Waals surface area (Å²) in [7, 11) is 0. The van der Waals surface area contributed by atoms with Gasteiger partial charge in [-0.2, -0.15) is 0 Å². The first-order valence-electron chi connectivity index (χ1n) is 3.69. The summed E-state index contributed by atoms with van der Waals surface area (Å²) in [6.07, 6.45) is 1.67. The number of aryl methyl sites for hydroxylation is 1. The normalized spacial score (nSPS) is 12.0. The third-order valence-corrected chi connectivity index (χ3v) is 1.82. The highest BCUT2D eigenvalue weighted by Gasteiger charge is 2.21. The number of nitrogens with two attached hydrogens (primary N) is 1. The van der Waals surface area contributed by atoms with Crippen LogP contribution < -0.4 is 5.73 Å². The molecule has 0 radical (unpaired) electrons. The van der Waals surface area contributed by atoms with E-state index in [4.69, 9.17) is 10.2 Å². The maximum Gasteiger partial charge on any atom is 0.191 e. The summed E-state index contributed by atoms with van der Waals surface area (Å²) in [5, 5.41) is 0. The van der Waals surface area contributed by atoms with E-state index in [2.05, 4.69) is 4.98 Å². The molecule has 0 aliphatic heterocycles. The molecule has 3 heteroatoms. The lowest BCUT2D eigenvalue weighted by Gasteiger charge is -2.18. The number of aromatic nitrogens is 1. The zero-order valence-electron chi connectivity index (χ0n) is 7.22. The van der Waals surface area contributed by atoms with E-state index in [0.29, 0.717) is 12.4 Å². The van der Waals surface area contributed by atoms with Crippen LogP contribution in [0.5, 0.6) is 0 Å². The maximum absolute atomic E-state index is 5.57. The van der Waals surface area contributed by atoms with Crippen molar-refractivity contribution in [1.29, 1.82) is 0 Å². The van der Waals surface area contributed by atoms with Gasteiger partial charge < -0.3 is 10.2 Å². The van der Waals surface area contributed by atoms with Gasteiger partial charge in [0.15, 0.2) is 5.89 Å². The molecule has 1 aromatic rings. The summed E-state index contributed by atoms with van der Waals surface area (Å²) in [5.41, 5.74) is 6.42.